The Morgan fingerprint density at radius 1 is 1.42 bits per heavy atom. The molecule has 0 fully saturated rings. The maximum Gasteiger partial charge on any atom is 0.191 e. The highest BCUT2D eigenvalue weighted by Crippen LogP contribution is 2.02. The molecule has 1 aromatic heterocycles. The number of aliphatic imine (C=N–C) groups is 1. The summed E-state index contributed by atoms with van der Waals surface area (Å²) in [5.41, 5.74) is 2.24. The van der Waals surface area contributed by atoms with Crippen LogP contribution in [0.4, 0.5) is 0 Å². The van der Waals surface area contributed by atoms with E-state index in [4.69, 9.17) is 5.11 Å². The molecule has 0 aliphatic heterocycles. The molecular weight excluding hydrogens is 242 g/mol. The highest BCUT2D eigenvalue weighted by molar-refractivity contribution is 5.79. The van der Waals surface area contributed by atoms with Crippen molar-refractivity contribution in [1.82, 2.24) is 20.4 Å². The molecule has 1 aromatic rings. The summed E-state index contributed by atoms with van der Waals surface area (Å²) in [7, 11) is 0. The first-order chi connectivity index (χ1) is 9.17. The van der Waals surface area contributed by atoms with Crippen LogP contribution in [0, 0.1) is 13.8 Å². The molecule has 6 nitrogen and oxygen atoms in total. The lowest BCUT2D eigenvalue weighted by Gasteiger charge is -2.10. The van der Waals surface area contributed by atoms with Gasteiger partial charge in [0.2, 0.25) is 0 Å². The van der Waals surface area contributed by atoms with Gasteiger partial charge in [0.05, 0.1) is 12.3 Å². The molecular formula is C13H25N5O. The zero-order valence-electron chi connectivity index (χ0n) is 12.1. The van der Waals surface area contributed by atoms with Crippen LogP contribution in [-0.4, -0.2) is 47.1 Å². The molecule has 0 aliphatic carbocycles. The van der Waals surface area contributed by atoms with E-state index in [1.54, 1.807) is 0 Å². The largest absolute Gasteiger partial charge is 0.395 e. The van der Waals surface area contributed by atoms with E-state index >= 15 is 0 Å². The van der Waals surface area contributed by atoms with Crippen LogP contribution >= 0.6 is 0 Å². The highest BCUT2D eigenvalue weighted by Gasteiger charge is 2.00. The van der Waals surface area contributed by atoms with Crippen molar-refractivity contribution in [2.45, 2.75) is 33.7 Å². The minimum atomic E-state index is 0.107. The van der Waals surface area contributed by atoms with Crippen molar-refractivity contribution in [3.8, 4) is 0 Å². The lowest BCUT2D eigenvalue weighted by molar-refractivity contribution is 0.300. The number of aromatic nitrogens is 2. The van der Waals surface area contributed by atoms with E-state index in [1.807, 2.05) is 18.5 Å². The van der Waals surface area contributed by atoms with Gasteiger partial charge in [0.1, 0.15) is 0 Å². The van der Waals surface area contributed by atoms with Gasteiger partial charge in [-0.3, -0.25) is 9.67 Å². The van der Waals surface area contributed by atoms with Gasteiger partial charge in [-0.2, -0.15) is 5.10 Å². The first kappa shape index (κ1) is 15.5. The monoisotopic (exact) mass is 267 g/mol. The van der Waals surface area contributed by atoms with Crippen molar-refractivity contribution in [3.63, 3.8) is 0 Å². The van der Waals surface area contributed by atoms with E-state index in [2.05, 4.69) is 33.7 Å². The summed E-state index contributed by atoms with van der Waals surface area (Å²) < 4.78 is 2.01. The second kappa shape index (κ2) is 8.53. The number of guanidine groups is 1. The van der Waals surface area contributed by atoms with Gasteiger partial charge in [-0.25, -0.2) is 0 Å². The Hall–Kier alpha value is -1.56. The second-order valence-electron chi connectivity index (χ2n) is 4.41. The zero-order chi connectivity index (χ0) is 14.1. The molecule has 0 aromatic carbocycles. The summed E-state index contributed by atoms with van der Waals surface area (Å²) >= 11 is 0. The summed E-state index contributed by atoms with van der Waals surface area (Å²) in [5, 5.41) is 19.4. The highest BCUT2D eigenvalue weighted by atomic mass is 16.3. The zero-order valence-corrected chi connectivity index (χ0v) is 12.1. The number of aliphatic hydroxyl groups excluding tert-OH is 1. The quantitative estimate of drug-likeness (QED) is 0.381. The number of aliphatic hydroxyl groups is 1. The smallest absolute Gasteiger partial charge is 0.191 e. The van der Waals surface area contributed by atoms with Crippen molar-refractivity contribution in [3.05, 3.63) is 17.5 Å². The molecule has 0 saturated carbocycles. The maximum absolute atomic E-state index is 8.78. The van der Waals surface area contributed by atoms with Crippen LogP contribution in [0.25, 0.3) is 0 Å². The van der Waals surface area contributed by atoms with Crippen molar-refractivity contribution >= 4 is 5.96 Å². The average Bonchev–Trinajstić information content (AvgIpc) is 2.70. The van der Waals surface area contributed by atoms with Crippen molar-refractivity contribution in [2.24, 2.45) is 4.99 Å². The standard InChI is InChI=1S/C13H25N5O/c1-4-14-13(16-7-9-19)15-6-5-8-18-12(3)10-11(2)17-18/h10,19H,4-9H2,1-3H3,(H2,14,15,16). The fourth-order valence-electron chi connectivity index (χ4n) is 1.83. The van der Waals surface area contributed by atoms with Crippen LogP contribution in [0.5, 0.6) is 0 Å². The predicted octanol–water partition coefficient (Wildman–Crippen LogP) is 0.437. The fourth-order valence-corrected chi connectivity index (χ4v) is 1.83. The normalized spacial score (nSPS) is 11.7. The number of nitrogens with zero attached hydrogens (tertiary/aromatic N) is 3. The molecule has 0 aliphatic rings. The number of aryl methyl sites for hydroxylation is 3. The van der Waals surface area contributed by atoms with Crippen LogP contribution in [0.3, 0.4) is 0 Å². The lowest BCUT2D eigenvalue weighted by Crippen LogP contribution is -2.38. The van der Waals surface area contributed by atoms with E-state index < -0.39 is 0 Å². The van der Waals surface area contributed by atoms with Crippen molar-refractivity contribution < 1.29 is 5.11 Å². The predicted molar refractivity (Wildman–Crippen MR) is 77.4 cm³/mol. The van der Waals surface area contributed by atoms with Gasteiger partial charge in [0.25, 0.3) is 0 Å². The summed E-state index contributed by atoms with van der Waals surface area (Å²) in [5.74, 6) is 0.755. The van der Waals surface area contributed by atoms with Gasteiger partial charge in [0.15, 0.2) is 5.96 Å². The number of nitrogens with one attached hydrogen (secondary N) is 2. The third-order valence-electron chi connectivity index (χ3n) is 2.65. The van der Waals surface area contributed by atoms with E-state index in [1.165, 1.54) is 5.69 Å². The molecule has 6 heteroatoms. The van der Waals surface area contributed by atoms with Gasteiger partial charge in [-0.15, -0.1) is 0 Å². The number of hydrogen-bond acceptors (Lipinski definition) is 3. The minimum absolute atomic E-state index is 0.107. The Balaban J connectivity index is 2.35. The lowest BCUT2D eigenvalue weighted by atomic mass is 10.4. The third kappa shape index (κ3) is 5.74. The Bertz CT molecular complexity index is 400. The second-order valence-corrected chi connectivity index (χ2v) is 4.41. The molecule has 19 heavy (non-hydrogen) atoms. The molecule has 108 valence electrons. The molecule has 0 bridgehead atoms. The first-order valence-corrected chi connectivity index (χ1v) is 6.81. The Kier molecular flexibility index (Phi) is 6.95. The van der Waals surface area contributed by atoms with Gasteiger partial charge in [0, 0.05) is 31.9 Å². The van der Waals surface area contributed by atoms with Crippen LogP contribution in [0.2, 0.25) is 0 Å². The molecule has 0 unspecified atom stereocenters. The molecule has 0 spiro atoms. The van der Waals surface area contributed by atoms with Crippen molar-refractivity contribution in [1.29, 1.82) is 0 Å². The fraction of sp³-hybridized carbons (Fsp3) is 0.692. The molecule has 0 saturated heterocycles. The van der Waals surface area contributed by atoms with Crippen LogP contribution in [0.15, 0.2) is 11.1 Å². The topological polar surface area (TPSA) is 74.5 Å². The molecule has 1 heterocycles. The van der Waals surface area contributed by atoms with E-state index in [0.29, 0.717) is 6.54 Å². The van der Waals surface area contributed by atoms with Crippen LogP contribution in [0.1, 0.15) is 24.7 Å². The number of rotatable bonds is 7. The van der Waals surface area contributed by atoms with Gasteiger partial charge < -0.3 is 15.7 Å². The average molecular weight is 267 g/mol. The molecule has 0 atom stereocenters. The van der Waals surface area contributed by atoms with E-state index in [-0.39, 0.29) is 6.61 Å². The van der Waals surface area contributed by atoms with Crippen molar-refractivity contribution in [2.75, 3.05) is 26.2 Å². The molecule has 1 rings (SSSR count). The van der Waals surface area contributed by atoms with E-state index in [0.717, 1.165) is 37.7 Å². The molecule has 3 N–H and O–H groups in total. The SMILES string of the molecule is CCNC(=NCCCn1nc(C)cc1C)NCCO. The molecule has 0 radical (unpaired) electrons. The maximum atomic E-state index is 8.78. The summed E-state index contributed by atoms with van der Waals surface area (Å²) in [4.78, 5) is 4.44. The van der Waals surface area contributed by atoms with Crippen LogP contribution in [-0.2, 0) is 6.54 Å². The summed E-state index contributed by atoms with van der Waals surface area (Å²) in [6, 6.07) is 2.08. The van der Waals surface area contributed by atoms with Gasteiger partial charge >= 0.3 is 0 Å². The third-order valence-corrected chi connectivity index (χ3v) is 2.65. The van der Waals surface area contributed by atoms with Gasteiger partial charge in [-0.05, 0) is 33.3 Å². The summed E-state index contributed by atoms with van der Waals surface area (Å²) in [6.07, 6.45) is 0.942. The Labute approximate surface area is 114 Å². The first-order valence-electron chi connectivity index (χ1n) is 6.81. The Morgan fingerprint density at radius 3 is 2.79 bits per heavy atom. The van der Waals surface area contributed by atoms with Gasteiger partial charge in [-0.1, -0.05) is 0 Å². The van der Waals surface area contributed by atoms with Crippen LogP contribution < -0.4 is 10.6 Å². The summed E-state index contributed by atoms with van der Waals surface area (Å²) in [6.45, 7) is 9.14. The molecule has 0 amide bonds. The number of hydrogen-bond donors (Lipinski definition) is 3. The minimum Gasteiger partial charge on any atom is -0.395 e. The van der Waals surface area contributed by atoms with E-state index in [9.17, 15) is 0 Å². The Morgan fingerprint density at radius 2 is 2.21 bits per heavy atom.